The van der Waals surface area contributed by atoms with Gasteiger partial charge in [-0.25, -0.2) is 4.98 Å². The van der Waals surface area contributed by atoms with E-state index in [-0.39, 0.29) is 5.69 Å². The van der Waals surface area contributed by atoms with E-state index in [2.05, 4.69) is 20.9 Å². The second-order valence-corrected chi connectivity index (χ2v) is 4.05. The van der Waals surface area contributed by atoms with E-state index >= 15 is 0 Å². The van der Waals surface area contributed by atoms with Crippen LogP contribution in [-0.2, 0) is 5.33 Å². The Morgan fingerprint density at radius 1 is 1.18 bits per heavy atom. The van der Waals surface area contributed by atoms with E-state index in [1.165, 1.54) is 17.8 Å². The first-order valence-electron chi connectivity index (χ1n) is 4.96. The van der Waals surface area contributed by atoms with Crippen molar-refractivity contribution in [2.45, 2.75) is 5.33 Å². The van der Waals surface area contributed by atoms with Crippen molar-refractivity contribution in [3.8, 4) is 11.3 Å². The van der Waals surface area contributed by atoms with Gasteiger partial charge in [-0.15, -0.1) is 0 Å². The highest BCUT2D eigenvalue weighted by Gasteiger charge is 2.06. The first-order chi connectivity index (χ1) is 8.20. The zero-order valence-corrected chi connectivity index (χ0v) is 10.4. The molecule has 0 amide bonds. The monoisotopic (exact) mass is 292 g/mol. The average molecular weight is 293 g/mol. The van der Waals surface area contributed by atoms with Gasteiger partial charge in [0.25, 0.3) is 5.69 Å². The van der Waals surface area contributed by atoms with Crippen molar-refractivity contribution < 1.29 is 4.92 Å². The molecule has 1 heterocycles. The highest BCUT2D eigenvalue weighted by Crippen LogP contribution is 2.20. The molecule has 0 saturated carbocycles. The van der Waals surface area contributed by atoms with Crippen LogP contribution in [0.2, 0.25) is 0 Å². The van der Waals surface area contributed by atoms with E-state index in [4.69, 9.17) is 0 Å². The molecule has 0 spiro atoms. The van der Waals surface area contributed by atoms with E-state index in [1.54, 1.807) is 6.07 Å². The first kappa shape index (κ1) is 11.7. The lowest BCUT2D eigenvalue weighted by Gasteiger charge is -2.01. The topological polar surface area (TPSA) is 56.0 Å². The molecule has 0 aliphatic carbocycles. The fourth-order valence-electron chi connectivity index (χ4n) is 1.43. The predicted molar refractivity (Wildman–Crippen MR) is 69.0 cm³/mol. The lowest BCUT2D eigenvalue weighted by molar-refractivity contribution is -0.385. The van der Waals surface area contributed by atoms with Gasteiger partial charge < -0.3 is 0 Å². The summed E-state index contributed by atoms with van der Waals surface area (Å²) in [4.78, 5) is 14.1. The van der Waals surface area contributed by atoms with Gasteiger partial charge >= 0.3 is 0 Å². The number of nitrogens with zero attached hydrogens (tertiary/aromatic N) is 2. The fourth-order valence-corrected chi connectivity index (χ4v) is 1.80. The van der Waals surface area contributed by atoms with Gasteiger partial charge in [-0.05, 0) is 11.6 Å². The van der Waals surface area contributed by atoms with Crippen LogP contribution in [0, 0.1) is 10.1 Å². The smallest absolute Gasteiger partial charge is 0.258 e. The Balaban J connectivity index is 2.29. The van der Waals surface area contributed by atoms with Gasteiger partial charge in [-0.3, -0.25) is 10.1 Å². The Bertz CT molecular complexity index is 523. The van der Waals surface area contributed by atoms with Crippen LogP contribution in [0.5, 0.6) is 0 Å². The summed E-state index contributed by atoms with van der Waals surface area (Å²) in [7, 11) is 0. The van der Waals surface area contributed by atoms with E-state index < -0.39 is 4.92 Å². The highest BCUT2D eigenvalue weighted by molar-refractivity contribution is 9.08. The third kappa shape index (κ3) is 2.68. The summed E-state index contributed by atoms with van der Waals surface area (Å²) >= 11 is 3.37. The summed E-state index contributed by atoms with van der Waals surface area (Å²) in [5, 5.41) is 11.3. The molecule has 86 valence electrons. The minimum Gasteiger partial charge on any atom is -0.258 e. The fraction of sp³-hybridized carbons (Fsp3) is 0.0833. The van der Waals surface area contributed by atoms with E-state index in [9.17, 15) is 10.1 Å². The average Bonchev–Trinajstić information content (AvgIpc) is 2.39. The molecule has 1 aromatic carbocycles. The number of rotatable bonds is 3. The number of benzene rings is 1. The molecule has 0 fully saturated rings. The molecule has 0 radical (unpaired) electrons. The Morgan fingerprint density at radius 2 is 1.88 bits per heavy atom. The van der Waals surface area contributed by atoms with Crippen LogP contribution >= 0.6 is 15.9 Å². The largest absolute Gasteiger partial charge is 0.287 e. The Hall–Kier alpha value is -1.75. The summed E-state index contributed by atoms with van der Waals surface area (Å²) in [6.45, 7) is 0. The molecule has 0 aliphatic heterocycles. The molecule has 1 aromatic heterocycles. The normalized spacial score (nSPS) is 10.2. The lowest BCUT2D eigenvalue weighted by Crippen LogP contribution is -1.90. The molecule has 2 aromatic rings. The van der Waals surface area contributed by atoms with Gasteiger partial charge in [0.1, 0.15) is 6.20 Å². The maximum Gasteiger partial charge on any atom is 0.287 e. The second-order valence-electron chi connectivity index (χ2n) is 3.49. The van der Waals surface area contributed by atoms with E-state index in [0.717, 1.165) is 16.6 Å². The summed E-state index contributed by atoms with van der Waals surface area (Å²) in [5.74, 6) is 0. The number of pyridine rings is 1. The minimum atomic E-state index is -0.454. The Kier molecular flexibility index (Phi) is 3.49. The molecule has 0 saturated heterocycles. The van der Waals surface area contributed by atoms with Crippen molar-refractivity contribution >= 4 is 21.6 Å². The number of halogens is 1. The third-order valence-electron chi connectivity index (χ3n) is 2.36. The number of nitro groups is 1. The molecule has 0 aliphatic rings. The maximum absolute atomic E-state index is 10.5. The van der Waals surface area contributed by atoms with Crippen molar-refractivity contribution in [3.63, 3.8) is 0 Å². The van der Waals surface area contributed by atoms with Crippen molar-refractivity contribution in [1.29, 1.82) is 0 Å². The molecular weight excluding hydrogens is 284 g/mol. The lowest BCUT2D eigenvalue weighted by atomic mass is 10.1. The van der Waals surface area contributed by atoms with Crippen LogP contribution in [0.3, 0.4) is 0 Å². The zero-order chi connectivity index (χ0) is 12.3. The van der Waals surface area contributed by atoms with Gasteiger partial charge in [-0.2, -0.15) is 0 Å². The van der Waals surface area contributed by atoms with E-state index in [1.807, 2.05) is 24.3 Å². The van der Waals surface area contributed by atoms with Crippen molar-refractivity contribution in [2.24, 2.45) is 0 Å². The molecule has 5 heteroatoms. The van der Waals surface area contributed by atoms with Crippen molar-refractivity contribution in [2.75, 3.05) is 0 Å². The van der Waals surface area contributed by atoms with Crippen molar-refractivity contribution in [3.05, 3.63) is 58.3 Å². The van der Waals surface area contributed by atoms with E-state index in [0.29, 0.717) is 0 Å². The summed E-state index contributed by atoms with van der Waals surface area (Å²) < 4.78 is 0. The highest BCUT2D eigenvalue weighted by atomic mass is 79.9. The SMILES string of the molecule is O=[N+]([O-])c1ccc(-c2ccc(CBr)cc2)nc1. The van der Waals surface area contributed by atoms with Crippen LogP contribution in [-0.4, -0.2) is 9.91 Å². The summed E-state index contributed by atoms with van der Waals surface area (Å²) in [6, 6.07) is 11.0. The first-order valence-corrected chi connectivity index (χ1v) is 6.08. The quantitative estimate of drug-likeness (QED) is 0.494. The number of hydrogen-bond donors (Lipinski definition) is 0. The second kappa shape index (κ2) is 5.05. The van der Waals surface area contributed by atoms with Gasteiger partial charge in [0.05, 0.1) is 10.6 Å². The predicted octanol–water partition coefficient (Wildman–Crippen LogP) is 3.55. The molecule has 2 rings (SSSR count). The number of alkyl halides is 1. The van der Waals surface area contributed by atoms with Gasteiger partial charge in [-0.1, -0.05) is 40.2 Å². The van der Waals surface area contributed by atoms with Crippen LogP contribution in [0.15, 0.2) is 42.6 Å². The number of hydrogen-bond acceptors (Lipinski definition) is 3. The van der Waals surface area contributed by atoms with Gasteiger partial charge in [0.2, 0.25) is 0 Å². The standard InChI is InChI=1S/C12H9BrN2O2/c13-7-9-1-3-10(4-2-9)12-6-5-11(8-14-12)15(16)17/h1-6,8H,7H2. The van der Waals surface area contributed by atoms with Crippen LogP contribution in [0.25, 0.3) is 11.3 Å². The Labute approximate surface area is 107 Å². The maximum atomic E-state index is 10.5. The van der Waals surface area contributed by atoms with Crippen LogP contribution in [0.1, 0.15) is 5.56 Å². The van der Waals surface area contributed by atoms with Crippen molar-refractivity contribution in [1.82, 2.24) is 4.98 Å². The molecule has 0 N–H and O–H groups in total. The third-order valence-corrected chi connectivity index (χ3v) is 3.01. The molecule has 0 atom stereocenters. The summed E-state index contributed by atoms with van der Waals surface area (Å²) in [6.07, 6.45) is 1.27. The number of aromatic nitrogens is 1. The molecule has 17 heavy (non-hydrogen) atoms. The van der Waals surface area contributed by atoms with Crippen LogP contribution < -0.4 is 0 Å². The minimum absolute atomic E-state index is 0.00540. The molecule has 0 bridgehead atoms. The van der Waals surface area contributed by atoms with Crippen LogP contribution in [0.4, 0.5) is 5.69 Å². The molecular formula is C12H9BrN2O2. The van der Waals surface area contributed by atoms with Gasteiger partial charge in [0.15, 0.2) is 0 Å². The Morgan fingerprint density at radius 3 is 2.35 bits per heavy atom. The molecule has 4 nitrogen and oxygen atoms in total. The summed E-state index contributed by atoms with van der Waals surface area (Å²) in [5.41, 5.74) is 2.86. The van der Waals surface area contributed by atoms with Gasteiger partial charge in [0, 0.05) is 17.0 Å². The molecule has 0 unspecified atom stereocenters. The zero-order valence-electron chi connectivity index (χ0n) is 8.84.